The van der Waals surface area contributed by atoms with E-state index in [0.717, 1.165) is 15.7 Å². The van der Waals surface area contributed by atoms with Crippen LogP contribution in [0.25, 0.3) is 0 Å². The highest BCUT2D eigenvalue weighted by molar-refractivity contribution is 9.10. The fourth-order valence-corrected chi connectivity index (χ4v) is 2.66. The van der Waals surface area contributed by atoms with Crippen molar-refractivity contribution in [1.82, 2.24) is 19.3 Å². The Bertz CT molecular complexity index is 777. The van der Waals surface area contributed by atoms with Gasteiger partial charge in [-0.3, -0.25) is 4.79 Å². The SMILES string of the molecule is Cn1cc(Br)cc1C(=O)Nc1ccc(Cn2cncn2)cc1. The largest absolute Gasteiger partial charge is 0.345 e. The van der Waals surface area contributed by atoms with Crippen LogP contribution in [0.1, 0.15) is 16.1 Å². The fourth-order valence-electron chi connectivity index (χ4n) is 2.14. The number of benzene rings is 1. The molecule has 3 rings (SSSR count). The van der Waals surface area contributed by atoms with Crippen LogP contribution in [0.5, 0.6) is 0 Å². The lowest BCUT2D eigenvalue weighted by Crippen LogP contribution is -2.15. The van der Waals surface area contributed by atoms with E-state index in [-0.39, 0.29) is 5.91 Å². The van der Waals surface area contributed by atoms with Crippen LogP contribution in [0.15, 0.2) is 53.7 Å². The quantitative estimate of drug-likeness (QED) is 0.778. The van der Waals surface area contributed by atoms with Gasteiger partial charge in [-0.2, -0.15) is 5.10 Å². The van der Waals surface area contributed by atoms with Crippen molar-refractivity contribution < 1.29 is 4.79 Å². The van der Waals surface area contributed by atoms with Gasteiger partial charge in [-0.15, -0.1) is 0 Å². The topological polar surface area (TPSA) is 64.7 Å². The van der Waals surface area contributed by atoms with Gasteiger partial charge in [-0.25, -0.2) is 9.67 Å². The van der Waals surface area contributed by atoms with E-state index < -0.39 is 0 Å². The molecule has 0 saturated heterocycles. The lowest BCUT2D eigenvalue weighted by molar-refractivity contribution is 0.101. The second-order valence-corrected chi connectivity index (χ2v) is 5.81. The lowest BCUT2D eigenvalue weighted by Gasteiger charge is -2.07. The molecular weight excluding hydrogens is 346 g/mol. The molecule has 7 heteroatoms. The number of aromatic nitrogens is 4. The lowest BCUT2D eigenvalue weighted by atomic mass is 10.2. The fraction of sp³-hybridized carbons (Fsp3) is 0.133. The van der Waals surface area contributed by atoms with Gasteiger partial charge in [-0.1, -0.05) is 12.1 Å². The van der Waals surface area contributed by atoms with E-state index in [1.165, 1.54) is 6.33 Å². The first-order valence-corrected chi connectivity index (χ1v) is 7.46. The molecule has 0 spiro atoms. The van der Waals surface area contributed by atoms with Gasteiger partial charge in [-0.05, 0) is 39.7 Å². The van der Waals surface area contributed by atoms with Crippen molar-refractivity contribution >= 4 is 27.5 Å². The van der Waals surface area contributed by atoms with E-state index in [4.69, 9.17) is 0 Å². The van der Waals surface area contributed by atoms with Gasteiger partial charge >= 0.3 is 0 Å². The molecule has 0 radical (unpaired) electrons. The zero-order valence-electron chi connectivity index (χ0n) is 11.9. The van der Waals surface area contributed by atoms with Crippen molar-refractivity contribution in [2.75, 3.05) is 5.32 Å². The van der Waals surface area contributed by atoms with Crippen molar-refractivity contribution in [2.45, 2.75) is 6.54 Å². The summed E-state index contributed by atoms with van der Waals surface area (Å²) >= 11 is 3.36. The third kappa shape index (κ3) is 3.25. The van der Waals surface area contributed by atoms with Crippen molar-refractivity contribution in [1.29, 1.82) is 0 Å². The highest BCUT2D eigenvalue weighted by Gasteiger charge is 2.11. The summed E-state index contributed by atoms with van der Waals surface area (Å²) in [5, 5.41) is 6.95. The van der Waals surface area contributed by atoms with Crippen molar-refractivity contribution in [3.8, 4) is 0 Å². The van der Waals surface area contributed by atoms with E-state index in [0.29, 0.717) is 12.2 Å². The van der Waals surface area contributed by atoms with E-state index in [9.17, 15) is 4.79 Å². The molecule has 0 bridgehead atoms. The average Bonchev–Trinajstić information content (AvgIpc) is 3.10. The van der Waals surface area contributed by atoms with Gasteiger partial charge in [0.15, 0.2) is 0 Å². The highest BCUT2D eigenvalue weighted by atomic mass is 79.9. The first kappa shape index (κ1) is 14.5. The van der Waals surface area contributed by atoms with Gasteiger partial charge in [0.05, 0.1) is 6.54 Å². The molecule has 0 atom stereocenters. The summed E-state index contributed by atoms with van der Waals surface area (Å²) < 4.78 is 4.40. The monoisotopic (exact) mass is 359 g/mol. The molecule has 0 aliphatic rings. The molecule has 1 aromatic carbocycles. The predicted molar refractivity (Wildman–Crippen MR) is 86.6 cm³/mol. The number of carbonyl (C=O) groups is 1. The van der Waals surface area contributed by atoms with Gasteiger partial charge in [0, 0.05) is 23.4 Å². The summed E-state index contributed by atoms with van der Waals surface area (Å²) in [6, 6.07) is 9.45. The summed E-state index contributed by atoms with van der Waals surface area (Å²) in [7, 11) is 1.83. The van der Waals surface area contributed by atoms with Crippen molar-refractivity contribution in [3.63, 3.8) is 0 Å². The van der Waals surface area contributed by atoms with E-state index >= 15 is 0 Å². The second kappa shape index (κ2) is 6.15. The predicted octanol–water partition coefficient (Wildman–Crippen LogP) is 2.68. The number of carbonyl (C=O) groups excluding carboxylic acids is 1. The average molecular weight is 360 g/mol. The van der Waals surface area contributed by atoms with Crippen LogP contribution in [0, 0.1) is 0 Å². The Labute approximate surface area is 135 Å². The number of anilines is 1. The van der Waals surface area contributed by atoms with Gasteiger partial charge in [0.1, 0.15) is 18.3 Å². The molecule has 1 N–H and O–H groups in total. The molecule has 0 saturated carbocycles. The maximum Gasteiger partial charge on any atom is 0.272 e. The molecular formula is C15H14BrN5O. The van der Waals surface area contributed by atoms with Crippen LogP contribution < -0.4 is 5.32 Å². The Morgan fingerprint density at radius 3 is 2.68 bits per heavy atom. The Hall–Kier alpha value is -2.41. The molecule has 22 heavy (non-hydrogen) atoms. The van der Waals surface area contributed by atoms with Crippen LogP contribution in [-0.2, 0) is 13.6 Å². The van der Waals surface area contributed by atoms with Gasteiger partial charge < -0.3 is 9.88 Å². The zero-order chi connectivity index (χ0) is 15.5. The molecule has 1 amide bonds. The number of hydrogen-bond donors (Lipinski definition) is 1. The third-order valence-electron chi connectivity index (χ3n) is 3.23. The minimum atomic E-state index is -0.141. The van der Waals surface area contributed by atoms with Crippen LogP contribution in [-0.4, -0.2) is 25.2 Å². The maximum atomic E-state index is 12.2. The third-order valence-corrected chi connectivity index (χ3v) is 3.66. The molecule has 0 fully saturated rings. The number of aryl methyl sites for hydroxylation is 1. The normalized spacial score (nSPS) is 10.6. The van der Waals surface area contributed by atoms with Crippen LogP contribution in [0.4, 0.5) is 5.69 Å². The summed E-state index contributed by atoms with van der Waals surface area (Å²) in [5.74, 6) is -0.141. The first-order chi connectivity index (χ1) is 10.6. The van der Waals surface area contributed by atoms with Crippen LogP contribution in [0.3, 0.4) is 0 Å². The van der Waals surface area contributed by atoms with Crippen LogP contribution in [0.2, 0.25) is 0 Å². The molecule has 0 aliphatic carbocycles. The Morgan fingerprint density at radius 2 is 2.09 bits per heavy atom. The molecule has 112 valence electrons. The van der Waals surface area contributed by atoms with Gasteiger partial charge in [0.2, 0.25) is 0 Å². The first-order valence-electron chi connectivity index (χ1n) is 6.66. The Kier molecular flexibility index (Phi) is 4.06. The number of hydrogen-bond acceptors (Lipinski definition) is 3. The number of halogens is 1. The van der Waals surface area contributed by atoms with Crippen molar-refractivity contribution in [2.24, 2.45) is 7.05 Å². The molecule has 6 nitrogen and oxygen atoms in total. The van der Waals surface area contributed by atoms with Crippen molar-refractivity contribution in [3.05, 3.63) is 64.9 Å². The smallest absolute Gasteiger partial charge is 0.272 e. The summed E-state index contributed by atoms with van der Waals surface area (Å²) in [6.45, 7) is 0.652. The summed E-state index contributed by atoms with van der Waals surface area (Å²) in [5.41, 5.74) is 2.44. The number of amides is 1. The zero-order valence-corrected chi connectivity index (χ0v) is 13.5. The second-order valence-electron chi connectivity index (χ2n) is 4.90. The summed E-state index contributed by atoms with van der Waals surface area (Å²) in [6.07, 6.45) is 5.02. The van der Waals surface area contributed by atoms with E-state index in [1.807, 2.05) is 37.5 Å². The van der Waals surface area contributed by atoms with Crippen LogP contribution >= 0.6 is 15.9 Å². The van der Waals surface area contributed by atoms with E-state index in [1.54, 1.807) is 21.6 Å². The van der Waals surface area contributed by atoms with E-state index in [2.05, 4.69) is 31.3 Å². The Balaban J connectivity index is 1.68. The summed E-state index contributed by atoms with van der Waals surface area (Å²) in [4.78, 5) is 16.1. The molecule has 3 aromatic rings. The highest BCUT2D eigenvalue weighted by Crippen LogP contribution is 2.16. The maximum absolute atomic E-state index is 12.2. The molecule has 0 aliphatic heterocycles. The molecule has 2 heterocycles. The minimum Gasteiger partial charge on any atom is -0.345 e. The number of nitrogens with one attached hydrogen (secondary N) is 1. The minimum absolute atomic E-state index is 0.141. The number of nitrogens with zero attached hydrogens (tertiary/aromatic N) is 4. The van der Waals surface area contributed by atoms with Gasteiger partial charge in [0.25, 0.3) is 5.91 Å². The standard InChI is InChI=1S/C15H14BrN5O/c1-20-8-12(16)6-14(20)15(22)19-13-4-2-11(3-5-13)7-21-10-17-9-18-21/h2-6,8-10H,7H2,1H3,(H,19,22). The molecule has 2 aromatic heterocycles. The number of rotatable bonds is 4. The molecule has 0 unspecified atom stereocenters. The Morgan fingerprint density at radius 1 is 1.32 bits per heavy atom.